The molecule has 2 heterocycles. The van der Waals surface area contributed by atoms with Crippen molar-refractivity contribution in [3.05, 3.63) is 17.4 Å². The molecule has 0 atom stereocenters. The normalized spacial score (nSPS) is 10.6. The molecule has 3 N–H and O–H groups in total. The summed E-state index contributed by atoms with van der Waals surface area (Å²) in [6, 6.07) is 1.68. The summed E-state index contributed by atoms with van der Waals surface area (Å²) in [4.78, 5) is 3.86. The number of nitrogens with one attached hydrogen (secondary N) is 1. The van der Waals surface area contributed by atoms with Crippen LogP contribution in [0.25, 0.3) is 10.9 Å². The smallest absolute Gasteiger partial charge is 0.153 e. The molecule has 0 spiro atoms. The topological polar surface area (TPSA) is 67.6 Å². The molecule has 2 rings (SSSR count). The standard InChI is InChI=1S/C6H5ClN4/c7-5-1-3-4(2-9-5)10-11-6(3)8/h1-2H,(H3,8,10,11). The molecule has 0 amide bonds. The Labute approximate surface area is 67.4 Å². The van der Waals surface area contributed by atoms with E-state index in [2.05, 4.69) is 15.2 Å². The maximum Gasteiger partial charge on any atom is 0.153 e. The Hall–Kier alpha value is -1.29. The zero-order valence-electron chi connectivity index (χ0n) is 5.50. The van der Waals surface area contributed by atoms with E-state index in [1.165, 1.54) is 0 Å². The van der Waals surface area contributed by atoms with E-state index >= 15 is 0 Å². The van der Waals surface area contributed by atoms with Crippen molar-refractivity contribution >= 4 is 28.3 Å². The zero-order valence-corrected chi connectivity index (χ0v) is 6.26. The van der Waals surface area contributed by atoms with Gasteiger partial charge in [0.2, 0.25) is 0 Å². The fraction of sp³-hybridized carbons (Fsp3) is 0. The molecule has 0 aliphatic carbocycles. The van der Waals surface area contributed by atoms with E-state index in [1.54, 1.807) is 12.3 Å². The van der Waals surface area contributed by atoms with E-state index < -0.39 is 0 Å². The number of hydrogen-bond acceptors (Lipinski definition) is 3. The van der Waals surface area contributed by atoms with Crippen molar-refractivity contribution in [1.82, 2.24) is 15.2 Å². The molecule has 0 unspecified atom stereocenters. The number of rotatable bonds is 0. The molecular weight excluding hydrogens is 164 g/mol. The molecule has 0 radical (unpaired) electrons. The number of anilines is 1. The number of H-pyrrole nitrogens is 1. The molecule has 0 saturated carbocycles. The van der Waals surface area contributed by atoms with Crippen molar-refractivity contribution in [2.45, 2.75) is 0 Å². The van der Waals surface area contributed by atoms with Crippen LogP contribution in [0.2, 0.25) is 5.15 Å². The van der Waals surface area contributed by atoms with Gasteiger partial charge in [0.25, 0.3) is 0 Å². The highest BCUT2D eigenvalue weighted by Crippen LogP contribution is 2.18. The van der Waals surface area contributed by atoms with Crippen molar-refractivity contribution in [2.24, 2.45) is 0 Å². The van der Waals surface area contributed by atoms with Gasteiger partial charge in [-0.1, -0.05) is 11.6 Å². The van der Waals surface area contributed by atoms with E-state index in [0.29, 0.717) is 11.0 Å². The maximum atomic E-state index is 5.64. The van der Waals surface area contributed by atoms with Gasteiger partial charge >= 0.3 is 0 Å². The quantitative estimate of drug-likeness (QED) is 0.581. The van der Waals surface area contributed by atoms with Gasteiger partial charge < -0.3 is 5.73 Å². The molecule has 5 heteroatoms. The number of aromatic nitrogens is 3. The predicted octanol–water partition coefficient (Wildman–Crippen LogP) is 1.19. The van der Waals surface area contributed by atoms with E-state index in [1.807, 2.05) is 0 Å². The fourth-order valence-corrected chi connectivity index (χ4v) is 1.07. The van der Waals surface area contributed by atoms with E-state index in [4.69, 9.17) is 17.3 Å². The lowest BCUT2D eigenvalue weighted by Gasteiger charge is -1.88. The Bertz CT molecular complexity index is 394. The highest BCUT2D eigenvalue weighted by Gasteiger charge is 2.01. The van der Waals surface area contributed by atoms with Gasteiger partial charge in [0, 0.05) is 5.39 Å². The van der Waals surface area contributed by atoms with Crippen molar-refractivity contribution in [2.75, 3.05) is 5.73 Å². The Kier molecular flexibility index (Phi) is 1.22. The first-order valence-corrected chi connectivity index (χ1v) is 3.40. The Morgan fingerprint density at radius 1 is 1.55 bits per heavy atom. The molecule has 0 aliphatic rings. The van der Waals surface area contributed by atoms with Crippen LogP contribution in [-0.2, 0) is 0 Å². The van der Waals surface area contributed by atoms with Gasteiger partial charge in [-0.25, -0.2) is 4.98 Å². The van der Waals surface area contributed by atoms with Crippen LogP contribution in [0.5, 0.6) is 0 Å². The summed E-state index contributed by atoms with van der Waals surface area (Å²) in [5, 5.41) is 7.74. The number of halogens is 1. The van der Waals surface area contributed by atoms with Gasteiger partial charge in [-0.15, -0.1) is 0 Å². The summed E-state index contributed by atoms with van der Waals surface area (Å²) >= 11 is 5.64. The predicted molar refractivity (Wildman–Crippen MR) is 43.3 cm³/mol. The second-order valence-corrected chi connectivity index (χ2v) is 2.55. The lowest BCUT2D eigenvalue weighted by Crippen LogP contribution is -1.83. The molecule has 0 fully saturated rings. The van der Waals surface area contributed by atoms with Gasteiger partial charge in [-0.2, -0.15) is 5.10 Å². The average molecular weight is 169 g/mol. The van der Waals surface area contributed by atoms with E-state index in [9.17, 15) is 0 Å². The van der Waals surface area contributed by atoms with Crippen molar-refractivity contribution < 1.29 is 0 Å². The highest BCUT2D eigenvalue weighted by molar-refractivity contribution is 6.30. The Morgan fingerprint density at radius 3 is 3.18 bits per heavy atom. The second-order valence-electron chi connectivity index (χ2n) is 2.16. The molecule has 2 aromatic rings. The molecular formula is C6H5ClN4. The number of fused-ring (bicyclic) bond motifs is 1. The number of nitrogens with two attached hydrogens (primary N) is 1. The highest BCUT2D eigenvalue weighted by atomic mass is 35.5. The lowest BCUT2D eigenvalue weighted by atomic mass is 10.3. The van der Waals surface area contributed by atoms with Crippen molar-refractivity contribution in [1.29, 1.82) is 0 Å². The van der Waals surface area contributed by atoms with Crippen LogP contribution in [-0.4, -0.2) is 15.2 Å². The van der Waals surface area contributed by atoms with Crippen LogP contribution in [0.3, 0.4) is 0 Å². The molecule has 0 bridgehead atoms. The van der Waals surface area contributed by atoms with E-state index in [0.717, 1.165) is 10.9 Å². The summed E-state index contributed by atoms with van der Waals surface area (Å²) < 4.78 is 0. The summed E-state index contributed by atoms with van der Waals surface area (Å²) in [5.74, 6) is 0.448. The van der Waals surface area contributed by atoms with Crippen LogP contribution in [0.4, 0.5) is 5.82 Å². The number of nitrogens with zero attached hydrogens (tertiary/aromatic N) is 2. The third kappa shape index (κ3) is 0.914. The van der Waals surface area contributed by atoms with Gasteiger partial charge in [-0.05, 0) is 6.07 Å². The third-order valence-corrected chi connectivity index (χ3v) is 1.65. The van der Waals surface area contributed by atoms with Crippen LogP contribution in [0.15, 0.2) is 12.3 Å². The average Bonchev–Trinajstić information content (AvgIpc) is 2.33. The third-order valence-electron chi connectivity index (χ3n) is 1.44. The fourth-order valence-electron chi connectivity index (χ4n) is 0.912. The molecule has 56 valence electrons. The lowest BCUT2D eigenvalue weighted by molar-refractivity contribution is 1.12. The monoisotopic (exact) mass is 168 g/mol. The van der Waals surface area contributed by atoms with Crippen LogP contribution >= 0.6 is 11.6 Å². The summed E-state index contributed by atoms with van der Waals surface area (Å²) in [6.45, 7) is 0. The van der Waals surface area contributed by atoms with Crippen LogP contribution in [0, 0.1) is 0 Å². The first-order chi connectivity index (χ1) is 5.27. The second kappa shape index (κ2) is 2.10. The number of hydrogen-bond donors (Lipinski definition) is 2. The largest absolute Gasteiger partial charge is 0.382 e. The van der Waals surface area contributed by atoms with Crippen molar-refractivity contribution in [3.63, 3.8) is 0 Å². The van der Waals surface area contributed by atoms with Crippen LogP contribution < -0.4 is 5.73 Å². The van der Waals surface area contributed by atoms with Gasteiger partial charge in [0.15, 0.2) is 5.82 Å². The van der Waals surface area contributed by atoms with Crippen LogP contribution in [0.1, 0.15) is 0 Å². The zero-order chi connectivity index (χ0) is 7.84. The first kappa shape index (κ1) is 6.42. The first-order valence-electron chi connectivity index (χ1n) is 3.02. The van der Waals surface area contributed by atoms with Crippen molar-refractivity contribution in [3.8, 4) is 0 Å². The Morgan fingerprint density at radius 2 is 2.36 bits per heavy atom. The maximum absolute atomic E-state index is 5.64. The Balaban J connectivity index is 2.87. The summed E-state index contributed by atoms with van der Waals surface area (Å²) in [6.07, 6.45) is 1.60. The molecule has 2 aromatic heterocycles. The minimum atomic E-state index is 0.422. The number of nitrogen functional groups attached to an aromatic ring is 1. The van der Waals surface area contributed by atoms with Gasteiger partial charge in [0.05, 0.1) is 11.7 Å². The summed E-state index contributed by atoms with van der Waals surface area (Å²) in [5.41, 5.74) is 6.31. The molecule has 0 saturated heterocycles. The molecule has 11 heavy (non-hydrogen) atoms. The van der Waals surface area contributed by atoms with Gasteiger partial charge in [-0.3, -0.25) is 5.10 Å². The number of pyridine rings is 1. The minimum Gasteiger partial charge on any atom is -0.382 e. The summed E-state index contributed by atoms with van der Waals surface area (Å²) in [7, 11) is 0. The molecule has 0 aromatic carbocycles. The number of aromatic amines is 1. The van der Waals surface area contributed by atoms with Gasteiger partial charge in [0.1, 0.15) is 5.15 Å². The molecule has 4 nitrogen and oxygen atoms in total. The molecule has 0 aliphatic heterocycles. The van der Waals surface area contributed by atoms with E-state index in [-0.39, 0.29) is 0 Å². The minimum absolute atomic E-state index is 0.422. The SMILES string of the molecule is Nc1n[nH]c2cnc(Cl)cc12.